The zero-order valence-corrected chi connectivity index (χ0v) is 17.0. The molecule has 0 bridgehead atoms. The van der Waals surface area contributed by atoms with Gasteiger partial charge < -0.3 is 14.8 Å². The predicted molar refractivity (Wildman–Crippen MR) is 115 cm³/mol. The molecule has 0 fully saturated rings. The molecule has 0 aliphatic carbocycles. The van der Waals surface area contributed by atoms with Crippen LogP contribution in [0.3, 0.4) is 0 Å². The number of hydrogen-bond acceptors (Lipinski definition) is 3. The topological polar surface area (TPSA) is 30.5 Å². The number of aryl methyl sites for hydroxylation is 1. The van der Waals surface area contributed by atoms with Crippen LogP contribution in [0.2, 0.25) is 0 Å². The maximum atomic E-state index is 13.0. The van der Waals surface area contributed by atoms with Gasteiger partial charge in [0, 0.05) is 12.6 Å². The van der Waals surface area contributed by atoms with Crippen LogP contribution in [0.5, 0.6) is 11.5 Å². The van der Waals surface area contributed by atoms with Crippen LogP contribution in [0.25, 0.3) is 0 Å². The summed E-state index contributed by atoms with van der Waals surface area (Å²) in [6.07, 6.45) is 2.15. The Kier molecular flexibility index (Phi) is 7.65. The van der Waals surface area contributed by atoms with Crippen LogP contribution in [0.4, 0.5) is 4.39 Å². The molecule has 3 aromatic carbocycles. The lowest BCUT2D eigenvalue weighted by atomic mass is 10.1. The van der Waals surface area contributed by atoms with Crippen LogP contribution in [0.1, 0.15) is 30.0 Å². The normalized spacial score (nSPS) is 11.8. The van der Waals surface area contributed by atoms with Crippen LogP contribution in [-0.4, -0.2) is 13.2 Å². The number of methoxy groups -OCH3 is 1. The molecule has 4 heteroatoms. The van der Waals surface area contributed by atoms with Gasteiger partial charge in [0.25, 0.3) is 0 Å². The molecule has 0 heterocycles. The molecule has 0 saturated heterocycles. The second kappa shape index (κ2) is 10.6. The first-order chi connectivity index (χ1) is 14.1. The summed E-state index contributed by atoms with van der Waals surface area (Å²) in [6, 6.07) is 23.2. The average molecular weight is 394 g/mol. The summed E-state index contributed by atoms with van der Waals surface area (Å²) in [5.41, 5.74) is 3.42. The summed E-state index contributed by atoms with van der Waals surface area (Å²) < 4.78 is 24.4. The van der Waals surface area contributed by atoms with Crippen molar-refractivity contribution in [3.63, 3.8) is 0 Å². The first-order valence-corrected chi connectivity index (χ1v) is 9.95. The van der Waals surface area contributed by atoms with Crippen molar-refractivity contribution < 1.29 is 13.9 Å². The lowest BCUT2D eigenvalue weighted by Crippen LogP contribution is -2.26. The van der Waals surface area contributed by atoms with E-state index in [2.05, 4.69) is 36.5 Å². The molecule has 1 N–H and O–H groups in total. The van der Waals surface area contributed by atoms with E-state index in [0.29, 0.717) is 24.1 Å². The maximum Gasteiger partial charge on any atom is 0.161 e. The van der Waals surface area contributed by atoms with Gasteiger partial charge in [-0.2, -0.15) is 0 Å². The van der Waals surface area contributed by atoms with E-state index in [-0.39, 0.29) is 5.82 Å². The third-order valence-corrected chi connectivity index (χ3v) is 4.90. The van der Waals surface area contributed by atoms with Gasteiger partial charge in [0.1, 0.15) is 12.4 Å². The van der Waals surface area contributed by atoms with Crippen molar-refractivity contribution in [2.45, 2.75) is 39.0 Å². The van der Waals surface area contributed by atoms with Gasteiger partial charge in [-0.05, 0) is 60.7 Å². The van der Waals surface area contributed by atoms with Gasteiger partial charge in [-0.3, -0.25) is 0 Å². The van der Waals surface area contributed by atoms with Crippen molar-refractivity contribution in [3.05, 3.63) is 95.3 Å². The molecule has 0 aromatic heterocycles. The second-order valence-electron chi connectivity index (χ2n) is 7.21. The number of hydrogen-bond donors (Lipinski definition) is 1. The third-order valence-electron chi connectivity index (χ3n) is 4.90. The Morgan fingerprint density at radius 1 is 0.862 bits per heavy atom. The molecular weight excluding hydrogens is 365 g/mol. The Balaban J connectivity index is 1.50. The molecule has 0 radical (unpaired) electrons. The highest BCUT2D eigenvalue weighted by molar-refractivity contribution is 5.43. The van der Waals surface area contributed by atoms with Crippen LogP contribution in [0.15, 0.2) is 72.8 Å². The van der Waals surface area contributed by atoms with E-state index in [9.17, 15) is 4.39 Å². The predicted octanol–water partition coefficient (Wildman–Crippen LogP) is 5.52. The zero-order valence-electron chi connectivity index (χ0n) is 17.0. The van der Waals surface area contributed by atoms with Gasteiger partial charge in [-0.1, -0.05) is 48.5 Å². The molecule has 0 aliphatic heterocycles. The first kappa shape index (κ1) is 20.9. The van der Waals surface area contributed by atoms with Gasteiger partial charge in [-0.15, -0.1) is 0 Å². The highest BCUT2D eigenvalue weighted by atomic mass is 19.1. The molecule has 0 saturated carbocycles. The molecular formula is C25H28FNO2. The number of ether oxygens (including phenoxy) is 2. The summed E-state index contributed by atoms with van der Waals surface area (Å²) in [6.45, 7) is 3.34. The second-order valence-corrected chi connectivity index (χ2v) is 7.21. The fourth-order valence-electron chi connectivity index (χ4n) is 3.10. The first-order valence-electron chi connectivity index (χ1n) is 9.95. The standard InChI is InChI=1S/C25H28FNO2/c1-19(8-9-20-6-4-3-5-7-20)27-17-22-12-15-24(25(16-22)28-2)29-18-21-10-13-23(26)14-11-21/h3-7,10-16,19,27H,8-9,17-18H2,1-2H3/t19-/m0/s1. The largest absolute Gasteiger partial charge is 0.493 e. The molecule has 0 spiro atoms. The molecule has 3 nitrogen and oxygen atoms in total. The van der Waals surface area contributed by atoms with Crippen LogP contribution >= 0.6 is 0 Å². The summed E-state index contributed by atoms with van der Waals surface area (Å²) in [5, 5.41) is 3.57. The van der Waals surface area contributed by atoms with E-state index in [1.807, 2.05) is 24.3 Å². The van der Waals surface area contributed by atoms with E-state index in [1.165, 1.54) is 17.7 Å². The van der Waals surface area contributed by atoms with Crippen LogP contribution < -0.4 is 14.8 Å². The van der Waals surface area contributed by atoms with E-state index < -0.39 is 0 Å². The Morgan fingerprint density at radius 3 is 2.31 bits per heavy atom. The lowest BCUT2D eigenvalue weighted by Gasteiger charge is -2.16. The van der Waals surface area contributed by atoms with Crippen molar-refractivity contribution in [2.75, 3.05) is 7.11 Å². The SMILES string of the molecule is COc1cc(CN[C@@H](C)CCc2ccccc2)ccc1OCc1ccc(F)cc1. The van der Waals surface area contributed by atoms with Crippen molar-refractivity contribution in [3.8, 4) is 11.5 Å². The number of rotatable bonds is 10. The summed E-state index contributed by atoms with van der Waals surface area (Å²) in [7, 11) is 1.64. The third kappa shape index (κ3) is 6.61. The monoisotopic (exact) mass is 393 g/mol. The smallest absolute Gasteiger partial charge is 0.161 e. The van der Waals surface area contributed by atoms with E-state index in [4.69, 9.17) is 9.47 Å². The van der Waals surface area contributed by atoms with Crippen molar-refractivity contribution >= 4 is 0 Å². The number of halogens is 1. The summed E-state index contributed by atoms with van der Waals surface area (Å²) in [5.74, 6) is 1.13. The van der Waals surface area contributed by atoms with Crippen LogP contribution in [-0.2, 0) is 19.6 Å². The Hall–Kier alpha value is -2.85. The molecule has 3 rings (SSSR count). The molecule has 3 aromatic rings. The van der Waals surface area contributed by atoms with Gasteiger partial charge in [0.2, 0.25) is 0 Å². The Labute approximate surface area is 172 Å². The number of nitrogens with one attached hydrogen (secondary N) is 1. The van der Waals surface area contributed by atoms with Crippen molar-refractivity contribution in [2.24, 2.45) is 0 Å². The van der Waals surface area contributed by atoms with Crippen LogP contribution in [0, 0.1) is 5.82 Å². The van der Waals surface area contributed by atoms with Crippen molar-refractivity contribution in [1.82, 2.24) is 5.32 Å². The van der Waals surface area contributed by atoms with Gasteiger partial charge in [-0.25, -0.2) is 4.39 Å². The lowest BCUT2D eigenvalue weighted by molar-refractivity contribution is 0.284. The highest BCUT2D eigenvalue weighted by Crippen LogP contribution is 2.29. The van der Waals surface area contributed by atoms with Gasteiger partial charge >= 0.3 is 0 Å². The molecule has 1 atom stereocenters. The van der Waals surface area contributed by atoms with E-state index in [0.717, 1.165) is 30.5 Å². The van der Waals surface area contributed by atoms with Crippen molar-refractivity contribution in [1.29, 1.82) is 0 Å². The average Bonchev–Trinajstić information content (AvgIpc) is 2.76. The molecule has 152 valence electrons. The zero-order chi connectivity index (χ0) is 20.5. The Morgan fingerprint density at radius 2 is 1.59 bits per heavy atom. The molecule has 29 heavy (non-hydrogen) atoms. The molecule has 0 amide bonds. The van der Waals surface area contributed by atoms with E-state index >= 15 is 0 Å². The summed E-state index contributed by atoms with van der Waals surface area (Å²) in [4.78, 5) is 0. The van der Waals surface area contributed by atoms with E-state index in [1.54, 1.807) is 19.2 Å². The maximum absolute atomic E-state index is 13.0. The minimum Gasteiger partial charge on any atom is -0.493 e. The minimum atomic E-state index is -0.249. The minimum absolute atomic E-state index is 0.249. The highest BCUT2D eigenvalue weighted by Gasteiger charge is 2.08. The quantitative estimate of drug-likeness (QED) is 0.492. The molecule has 0 aliphatic rings. The Bertz CT molecular complexity index is 881. The fraction of sp³-hybridized carbons (Fsp3) is 0.280. The fourth-order valence-corrected chi connectivity index (χ4v) is 3.10. The van der Waals surface area contributed by atoms with Gasteiger partial charge in [0.15, 0.2) is 11.5 Å². The molecule has 0 unspecified atom stereocenters. The number of benzene rings is 3. The van der Waals surface area contributed by atoms with Gasteiger partial charge in [0.05, 0.1) is 7.11 Å². The summed E-state index contributed by atoms with van der Waals surface area (Å²) >= 11 is 0.